The maximum absolute atomic E-state index is 12.0. The first-order chi connectivity index (χ1) is 6.68. The summed E-state index contributed by atoms with van der Waals surface area (Å²) >= 11 is 2.08. The highest BCUT2D eigenvalue weighted by Gasteiger charge is 2.11. The smallest absolute Gasteiger partial charge is 0.387 e. The average Bonchev–Trinajstić information content (AvgIpc) is 2.58. The molecule has 1 N–H and O–H groups in total. The number of hydrogen-bond donors (Lipinski definition) is 1. The number of imidazole rings is 1. The first-order valence-corrected chi connectivity index (χ1v) is 4.83. The highest BCUT2D eigenvalue weighted by Crippen LogP contribution is 2.27. The first-order valence-electron chi connectivity index (χ1n) is 3.75. The summed E-state index contributed by atoms with van der Waals surface area (Å²) in [6, 6.07) is 3.18. The lowest BCUT2D eigenvalue weighted by Crippen LogP contribution is -2.02. The van der Waals surface area contributed by atoms with Gasteiger partial charge in [0.25, 0.3) is 0 Å². The predicted molar refractivity (Wildman–Crippen MR) is 55.4 cm³/mol. The average molecular weight is 310 g/mol. The summed E-state index contributed by atoms with van der Waals surface area (Å²) in [5.41, 5.74) is 1.14. The number of fused-ring (bicyclic) bond motifs is 1. The van der Waals surface area contributed by atoms with E-state index in [4.69, 9.17) is 0 Å². The molecule has 0 aliphatic carbocycles. The lowest BCUT2D eigenvalue weighted by Gasteiger charge is -2.05. The van der Waals surface area contributed by atoms with Crippen LogP contribution in [-0.4, -0.2) is 16.6 Å². The topological polar surface area (TPSA) is 37.9 Å². The van der Waals surface area contributed by atoms with E-state index in [1.807, 2.05) is 0 Å². The molecule has 1 aromatic carbocycles. The number of H-pyrrole nitrogens is 1. The molecular formula is C8H5F2IN2O. The van der Waals surface area contributed by atoms with E-state index in [9.17, 15) is 8.78 Å². The highest BCUT2D eigenvalue weighted by molar-refractivity contribution is 14.1. The van der Waals surface area contributed by atoms with E-state index in [0.717, 1.165) is 3.57 Å². The summed E-state index contributed by atoms with van der Waals surface area (Å²) in [6.45, 7) is -2.82. The first kappa shape index (κ1) is 9.63. The summed E-state index contributed by atoms with van der Waals surface area (Å²) in [5.74, 6) is 0.118. The third kappa shape index (κ3) is 1.66. The van der Waals surface area contributed by atoms with Crippen LogP contribution < -0.4 is 4.74 Å². The van der Waals surface area contributed by atoms with Crippen molar-refractivity contribution in [2.24, 2.45) is 0 Å². The maximum atomic E-state index is 12.0. The van der Waals surface area contributed by atoms with Crippen molar-refractivity contribution < 1.29 is 13.5 Å². The van der Waals surface area contributed by atoms with Crippen LogP contribution in [0, 0.1) is 3.57 Å². The molecule has 74 valence electrons. The molecule has 0 saturated carbocycles. The van der Waals surface area contributed by atoms with E-state index in [1.54, 1.807) is 6.07 Å². The number of nitrogens with zero attached hydrogens (tertiary/aromatic N) is 1. The molecule has 2 aromatic rings. The van der Waals surface area contributed by atoms with Gasteiger partial charge in [-0.05, 0) is 34.7 Å². The van der Waals surface area contributed by atoms with Crippen molar-refractivity contribution in [2.45, 2.75) is 6.61 Å². The monoisotopic (exact) mass is 310 g/mol. The molecule has 0 unspecified atom stereocenters. The van der Waals surface area contributed by atoms with E-state index >= 15 is 0 Å². The molecule has 0 atom stereocenters. The van der Waals surface area contributed by atoms with E-state index in [0.29, 0.717) is 11.0 Å². The summed E-state index contributed by atoms with van der Waals surface area (Å²) in [7, 11) is 0. The lowest BCUT2D eigenvalue weighted by molar-refractivity contribution is -0.0489. The van der Waals surface area contributed by atoms with Crippen LogP contribution in [0.25, 0.3) is 11.0 Å². The Bertz CT molecular complexity index is 458. The van der Waals surface area contributed by atoms with Gasteiger partial charge < -0.3 is 9.72 Å². The zero-order chi connectivity index (χ0) is 10.1. The molecule has 0 bridgehead atoms. The molecule has 0 aliphatic heterocycles. The summed E-state index contributed by atoms with van der Waals surface area (Å²) < 4.78 is 29.2. The van der Waals surface area contributed by atoms with Crippen LogP contribution in [0.1, 0.15) is 0 Å². The van der Waals surface area contributed by atoms with Crippen molar-refractivity contribution in [2.75, 3.05) is 0 Å². The normalized spacial score (nSPS) is 11.1. The third-order valence-corrected chi connectivity index (χ3v) is 2.58. The zero-order valence-corrected chi connectivity index (χ0v) is 8.96. The Morgan fingerprint density at radius 3 is 2.93 bits per heavy atom. The minimum atomic E-state index is -2.82. The predicted octanol–water partition coefficient (Wildman–Crippen LogP) is 2.77. The quantitative estimate of drug-likeness (QED) is 0.866. The largest absolute Gasteiger partial charge is 0.433 e. The van der Waals surface area contributed by atoms with E-state index < -0.39 is 6.61 Å². The highest BCUT2D eigenvalue weighted by atomic mass is 127. The Morgan fingerprint density at radius 2 is 2.21 bits per heavy atom. The SMILES string of the molecule is FC(F)Oc1ccc(I)c2nc[nH]c12. The fraction of sp³-hybridized carbons (Fsp3) is 0.125. The van der Waals surface area contributed by atoms with Crippen LogP contribution in [0.15, 0.2) is 18.5 Å². The Kier molecular flexibility index (Phi) is 2.53. The maximum Gasteiger partial charge on any atom is 0.387 e. The van der Waals surface area contributed by atoms with Crippen LogP contribution >= 0.6 is 22.6 Å². The second-order valence-electron chi connectivity index (χ2n) is 2.55. The third-order valence-electron chi connectivity index (χ3n) is 1.71. The van der Waals surface area contributed by atoms with Gasteiger partial charge in [-0.1, -0.05) is 0 Å². The fourth-order valence-electron chi connectivity index (χ4n) is 1.17. The standard InChI is InChI=1S/C8H5F2IN2O/c9-8(10)14-5-2-1-4(11)6-7(5)13-3-12-6/h1-3,8H,(H,12,13). The Balaban J connectivity index is 2.55. The summed E-state index contributed by atoms with van der Waals surface area (Å²) in [4.78, 5) is 6.76. The molecule has 3 nitrogen and oxygen atoms in total. The van der Waals surface area contributed by atoms with Gasteiger partial charge in [-0.2, -0.15) is 8.78 Å². The second kappa shape index (κ2) is 3.68. The van der Waals surface area contributed by atoms with Crippen molar-refractivity contribution in [3.05, 3.63) is 22.0 Å². The van der Waals surface area contributed by atoms with Gasteiger partial charge in [-0.25, -0.2) is 4.98 Å². The van der Waals surface area contributed by atoms with Crippen molar-refractivity contribution >= 4 is 33.6 Å². The molecule has 0 spiro atoms. The van der Waals surface area contributed by atoms with Crippen LogP contribution in [0.4, 0.5) is 8.78 Å². The van der Waals surface area contributed by atoms with Gasteiger partial charge in [0.15, 0.2) is 5.75 Å². The van der Waals surface area contributed by atoms with Gasteiger partial charge in [0.2, 0.25) is 0 Å². The molecule has 14 heavy (non-hydrogen) atoms. The summed E-state index contributed by atoms with van der Waals surface area (Å²) in [6.07, 6.45) is 1.45. The fourth-order valence-corrected chi connectivity index (χ4v) is 1.76. The number of nitrogens with one attached hydrogen (secondary N) is 1. The number of aromatic nitrogens is 2. The number of hydrogen-bond acceptors (Lipinski definition) is 2. The Hall–Kier alpha value is -0.920. The Morgan fingerprint density at radius 1 is 1.43 bits per heavy atom. The molecule has 0 aliphatic rings. The number of benzene rings is 1. The van der Waals surface area contributed by atoms with Crippen LogP contribution in [-0.2, 0) is 0 Å². The minimum absolute atomic E-state index is 0.118. The molecule has 6 heteroatoms. The van der Waals surface area contributed by atoms with Crippen molar-refractivity contribution in [3.63, 3.8) is 0 Å². The summed E-state index contributed by atoms with van der Waals surface area (Å²) in [5, 5.41) is 0. The van der Waals surface area contributed by atoms with Gasteiger partial charge in [0.1, 0.15) is 11.0 Å². The van der Waals surface area contributed by atoms with Gasteiger partial charge in [-0.15, -0.1) is 0 Å². The number of aromatic amines is 1. The molecule has 1 heterocycles. The number of ether oxygens (including phenoxy) is 1. The molecular weight excluding hydrogens is 305 g/mol. The number of halogens is 3. The molecule has 0 radical (unpaired) electrons. The zero-order valence-electron chi connectivity index (χ0n) is 6.80. The van der Waals surface area contributed by atoms with Crippen molar-refractivity contribution in [1.82, 2.24) is 9.97 Å². The van der Waals surface area contributed by atoms with Gasteiger partial charge >= 0.3 is 6.61 Å². The molecule has 0 amide bonds. The minimum Gasteiger partial charge on any atom is -0.433 e. The Labute approximate surface area is 91.6 Å². The van der Waals surface area contributed by atoms with E-state index in [-0.39, 0.29) is 5.75 Å². The molecule has 2 rings (SSSR count). The van der Waals surface area contributed by atoms with Crippen LogP contribution in [0.5, 0.6) is 5.75 Å². The second-order valence-corrected chi connectivity index (χ2v) is 3.71. The number of alkyl halides is 2. The van der Waals surface area contributed by atoms with Crippen molar-refractivity contribution in [1.29, 1.82) is 0 Å². The molecule has 0 saturated heterocycles. The molecule has 0 fully saturated rings. The van der Waals surface area contributed by atoms with E-state index in [2.05, 4.69) is 37.3 Å². The molecule has 1 aromatic heterocycles. The van der Waals surface area contributed by atoms with Gasteiger partial charge in [0.05, 0.1) is 6.33 Å². The van der Waals surface area contributed by atoms with Crippen LogP contribution in [0.2, 0.25) is 0 Å². The number of rotatable bonds is 2. The van der Waals surface area contributed by atoms with E-state index in [1.165, 1.54) is 12.4 Å². The van der Waals surface area contributed by atoms with Crippen LogP contribution in [0.3, 0.4) is 0 Å². The van der Waals surface area contributed by atoms with Gasteiger partial charge in [-0.3, -0.25) is 0 Å². The van der Waals surface area contributed by atoms with Crippen molar-refractivity contribution in [3.8, 4) is 5.75 Å². The lowest BCUT2D eigenvalue weighted by atomic mass is 10.3. The van der Waals surface area contributed by atoms with Gasteiger partial charge in [0, 0.05) is 3.57 Å².